The number of aromatic nitrogens is 2. The summed E-state index contributed by atoms with van der Waals surface area (Å²) in [7, 11) is 1.60. The lowest BCUT2D eigenvalue weighted by molar-refractivity contribution is 0.408. The predicted octanol–water partition coefficient (Wildman–Crippen LogP) is 3.24. The van der Waals surface area contributed by atoms with Gasteiger partial charge in [0.2, 0.25) is 0 Å². The van der Waals surface area contributed by atoms with E-state index >= 15 is 0 Å². The van der Waals surface area contributed by atoms with Gasteiger partial charge in [0.1, 0.15) is 17.3 Å². The zero-order valence-corrected chi connectivity index (χ0v) is 10.2. The first-order valence-corrected chi connectivity index (χ1v) is 5.38. The minimum atomic E-state index is 0.292. The smallest absolute Gasteiger partial charge is 0.182 e. The summed E-state index contributed by atoms with van der Waals surface area (Å²) >= 11 is 5.95. The molecule has 5 heteroatoms. The monoisotopic (exact) mass is 250 g/mol. The number of aryl methyl sites for hydroxylation is 1. The van der Waals surface area contributed by atoms with E-state index in [1.54, 1.807) is 32.4 Å². The highest BCUT2D eigenvalue weighted by atomic mass is 35.5. The Morgan fingerprint density at radius 2 is 2.00 bits per heavy atom. The van der Waals surface area contributed by atoms with Crippen LogP contribution in [0.3, 0.4) is 0 Å². The van der Waals surface area contributed by atoms with Gasteiger partial charge in [-0.15, -0.1) is 0 Å². The third-order valence-corrected chi connectivity index (χ3v) is 2.37. The molecule has 0 fully saturated rings. The molecule has 0 spiro atoms. The molecule has 0 saturated heterocycles. The topological polar surface area (TPSA) is 44.2 Å². The molecular formula is C12H11ClN2O2. The Labute approximate surface area is 104 Å². The van der Waals surface area contributed by atoms with E-state index in [0.717, 1.165) is 0 Å². The van der Waals surface area contributed by atoms with E-state index in [2.05, 4.69) is 9.97 Å². The fraction of sp³-hybridized carbons (Fsp3) is 0.167. The largest absolute Gasteiger partial charge is 0.497 e. The molecule has 1 aromatic carbocycles. The highest BCUT2D eigenvalue weighted by Gasteiger charge is 2.06. The van der Waals surface area contributed by atoms with Crippen LogP contribution in [0.5, 0.6) is 17.2 Å². The van der Waals surface area contributed by atoms with Crippen LogP contribution in [0.1, 0.15) is 5.82 Å². The molecule has 1 aromatic heterocycles. The summed E-state index contributed by atoms with van der Waals surface area (Å²) in [6.45, 7) is 1.77. The number of halogens is 1. The maximum Gasteiger partial charge on any atom is 0.182 e. The Bertz CT molecular complexity index is 532. The minimum absolute atomic E-state index is 0.292. The van der Waals surface area contributed by atoms with Crippen LogP contribution in [0, 0.1) is 6.92 Å². The van der Waals surface area contributed by atoms with Crippen LogP contribution >= 0.6 is 11.6 Å². The maximum atomic E-state index is 5.95. The van der Waals surface area contributed by atoms with Crippen molar-refractivity contribution in [2.24, 2.45) is 0 Å². The molecule has 17 heavy (non-hydrogen) atoms. The third-order valence-electron chi connectivity index (χ3n) is 2.10. The average Bonchev–Trinajstić information content (AvgIpc) is 2.33. The van der Waals surface area contributed by atoms with Crippen molar-refractivity contribution < 1.29 is 9.47 Å². The van der Waals surface area contributed by atoms with E-state index in [-0.39, 0.29) is 0 Å². The molecule has 0 radical (unpaired) electrons. The minimum Gasteiger partial charge on any atom is -0.497 e. The second-order valence-electron chi connectivity index (χ2n) is 3.35. The number of nitrogens with zero attached hydrogens (tertiary/aromatic N) is 2. The number of ether oxygens (including phenoxy) is 2. The van der Waals surface area contributed by atoms with Crippen molar-refractivity contribution in [2.75, 3.05) is 7.11 Å². The summed E-state index contributed by atoms with van der Waals surface area (Å²) in [6, 6.07) is 7.23. The summed E-state index contributed by atoms with van der Waals surface area (Å²) in [5, 5.41) is 0.292. The molecule has 2 rings (SSSR count). The Balaban J connectivity index is 2.25. The molecule has 0 unspecified atom stereocenters. The number of hydrogen-bond acceptors (Lipinski definition) is 4. The van der Waals surface area contributed by atoms with Gasteiger partial charge in [-0.2, -0.15) is 0 Å². The Hall–Kier alpha value is -1.81. The first-order valence-electron chi connectivity index (χ1n) is 5.00. The zero-order valence-electron chi connectivity index (χ0n) is 9.48. The molecule has 0 saturated carbocycles. The average molecular weight is 251 g/mol. The number of methoxy groups -OCH3 is 1. The summed E-state index contributed by atoms with van der Waals surface area (Å²) in [6.07, 6.45) is 1.55. The molecule has 0 aliphatic rings. The van der Waals surface area contributed by atoms with Crippen LogP contribution in [0.15, 0.2) is 30.5 Å². The lowest BCUT2D eigenvalue weighted by atomic mass is 10.3. The van der Waals surface area contributed by atoms with E-state index in [4.69, 9.17) is 21.1 Å². The predicted molar refractivity (Wildman–Crippen MR) is 64.8 cm³/mol. The zero-order chi connectivity index (χ0) is 12.3. The van der Waals surface area contributed by atoms with Gasteiger partial charge in [0, 0.05) is 6.07 Å². The van der Waals surface area contributed by atoms with E-state index in [0.29, 0.717) is 28.2 Å². The molecule has 0 aliphatic heterocycles. The molecule has 88 valence electrons. The Morgan fingerprint density at radius 3 is 2.71 bits per heavy atom. The van der Waals surface area contributed by atoms with Crippen molar-refractivity contribution in [1.29, 1.82) is 0 Å². The third kappa shape index (κ3) is 2.85. The van der Waals surface area contributed by atoms with Crippen molar-refractivity contribution in [3.05, 3.63) is 41.4 Å². The van der Waals surface area contributed by atoms with E-state index < -0.39 is 0 Å². The first kappa shape index (κ1) is 11.7. The standard InChI is InChI=1S/C12H11ClN2O2/c1-8-14-7-11(12(13)15-8)17-10-5-3-4-9(6-10)16-2/h3-7H,1-2H3. The lowest BCUT2D eigenvalue weighted by Gasteiger charge is -2.08. The normalized spacial score (nSPS) is 10.1. The fourth-order valence-corrected chi connectivity index (χ4v) is 1.50. The quantitative estimate of drug-likeness (QED) is 0.785. The van der Waals surface area contributed by atoms with Crippen LogP contribution < -0.4 is 9.47 Å². The Morgan fingerprint density at radius 1 is 1.24 bits per heavy atom. The van der Waals surface area contributed by atoms with Crippen molar-refractivity contribution in [1.82, 2.24) is 9.97 Å². The molecule has 4 nitrogen and oxygen atoms in total. The molecule has 0 bridgehead atoms. The summed E-state index contributed by atoms with van der Waals surface area (Å²) in [4.78, 5) is 8.04. The van der Waals surface area contributed by atoms with Gasteiger partial charge >= 0.3 is 0 Å². The van der Waals surface area contributed by atoms with Crippen molar-refractivity contribution in [3.8, 4) is 17.2 Å². The van der Waals surface area contributed by atoms with E-state index in [9.17, 15) is 0 Å². The van der Waals surface area contributed by atoms with Gasteiger partial charge in [-0.1, -0.05) is 17.7 Å². The van der Waals surface area contributed by atoms with Crippen molar-refractivity contribution in [2.45, 2.75) is 6.92 Å². The lowest BCUT2D eigenvalue weighted by Crippen LogP contribution is -1.92. The molecule has 0 amide bonds. The molecule has 0 N–H and O–H groups in total. The van der Waals surface area contributed by atoms with Crippen LogP contribution in [0.25, 0.3) is 0 Å². The van der Waals surface area contributed by atoms with Gasteiger partial charge in [-0.3, -0.25) is 0 Å². The second-order valence-corrected chi connectivity index (χ2v) is 3.71. The van der Waals surface area contributed by atoms with Crippen LogP contribution in [-0.2, 0) is 0 Å². The van der Waals surface area contributed by atoms with Gasteiger partial charge in [0.15, 0.2) is 10.9 Å². The molecule has 1 heterocycles. The van der Waals surface area contributed by atoms with Gasteiger partial charge in [0.25, 0.3) is 0 Å². The SMILES string of the molecule is COc1cccc(Oc2cnc(C)nc2Cl)c1. The van der Waals surface area contributed by atoms with Gasteiger partial charge in [0.05, 0.1) is 13.3 Å². The Kier molecular flexibility index (Phi) is 3.44. The molecular weight excluding hydrogens is 240 g/mol. The second kappa shape index (κ2) is 5.01. The highest BCUT2D eigenvalue weighted by Crippen LogP contribution is 2.28. The summed E-state index contributed by atoms with van der Waals surface area (Å²) in [5.41, 5.74) is 0. The van der Waals surface area contributed by atoms with Gasteiger partial charge in [-0.05, 0) is 19.1 Å². The van der Waals surface area contributed by atoms with Crippen LogP contribution in [-0.4, -0.2) is 17.1 Å². The molecule has 0 aliphatic carbocycles. The van der Waals surface area contributed by atoms with Gasteiger partial charge < -0.3 is 9.47 Å². The van der Waals surface area contributed by atoms with Crippen LogP contribution in [0.2, 0.25) is 5.15 Å². The fourth-order valence-electron chi connectivity index (χ4n) is 1.29. The van der Waals surface area contributed by atoms with Crippen molar-refractivity contribution in [3.63, 3.8) is 0 Å². The molecule has 0 atom stereocenters. The number of benzene rings is 1. The molecule has 2 aromatic rings. The maximum absolute atomic E-state index is 5.95. The van der Waals surface area contributed by atoms with E-state index in [1.165, 1.54) is 0 Å². The number of hydrogen-bond donors (Lipinski definition) is 0. The summed E-state index contributed by atoms with van der Waals surface area (Å²) in [5.74, 6) is 2.36. The highest BCUT2D eigenvalue weighted by molar-refractivity contribution is 6.30. The number of rotatable bonds is 3. The van der Waals surface area contributed by atoms with E-state index in [1.807, 2.05) is 12.1 Å². The van der Waals surface area contributed by atoms with Crippen LogP contribution in [0.4, 0.5) is 0 Å². The van der Waals surface area contributed by atoms with Gasteiger partial charge in [-0.25, -0.2) is 9.97 Å². The van der Waals surface area contributed by atoms with Crippen molar-refractivity contribution >= 4 is 11.6 Å². The first-order chi connectivity index (χ1) is 8.19. The summed E-state index contributed by atoms with van der Waals surface area (Å²) < 4.78 is 10.7.